The van der Waals surface area contributed by atoms with Crippen LogP contribution in [0.25, 0.3) is 0 Å². The Morgan fingerprint density at radius 3 is 2.34 bits per heavy atom. The van der Waals surface area contributed by atoms with Gasteiger partial charge in [-0.15, -0.1) is 11.8 Å². The molecule has 0 heterocycles. The fourth-order valence-electron chi connectivity index (χ4n) is 2.96. The molecule has 0 saturated carbocycles. The minimum atomic E-state index is -0.513. The third-order valence-electron chi connectivity index (χ3n) is 4.62. The monoisotopic (exact) mass is 412 g/mol. The molecule has 156 valence electrons. The summed E-state index contributed by atoms with van der Waals surface area (Å²) in [5.41, 5.74) is 3.45. The van der Waals surface area contributed by atoms with E-state index in [1.807, 2.05) is 43.3 Å². The SMILES string of the molecule is Cc1cccc(CSCC(=O)N(Cc2ccccc2)[C@H](C)C(=O)NCC(C)C)c1. The fourth-order valence-corrected chi connectivity index (χ4v) is 3.81. The van der Waals surface area contributed by atoms with Crippen molar-refractivity contribution in [3.63, 3.8) is 0 Å². The molecule has 0 unspecified atom stereocenters. The fraction of sp³-hybridized carbons (Fsp3) is 0.417. The number of thioether (sulfide) groups is 1. The minimum absolute atomic E-state index is 0.0151. The highest BCUT2D eigenvalue weighted by Crippen LogP contribution is 2.16. The van der Waals surface area contributed by atoms with Gasteiger partial charge in [0.1, 0.15) is 6.04 Å². The minimum Gasteiger partial charge on any atom is -0.354 e. The number of hydrogen-bond donors (Lipinski definition) is 1. The van der Waals surface area contributed by atoms with Crippen LogP contribution in [-0.4, -0.2) is 35.1 Å². The van der Waals surface area contributed by atoms with Gasteiger partial charge in [-0.2, -0.15) is 0 Å². The van der Waals surface area contributed by atoms with Crippen molar-refractivity contribution in [1.29, 1.82) is 0 Å². The van der Waals surface area contributed by atoms with Crippen LogP contribution < -0.4 is 5.32 Å². The van der Waals surface area contributed by atoms with E-state index in [-0.39, 0.29) is 11.8 Å². The molecule has 0 bridgehead atoms. The zero-order valence-electron chi connectivity index (χ0n) is 17.9. The molecule has 29 heavy (non-hydrogen) atoms. The average Bonchev–Trinajstić information content (AvgIpc) is 2.70. The first-order chi connectivity index (χ1) is 13.9. The van der Waals surface area contributed by atoms with E-state index in [1.54, 1.807) is 16.7 Å². The standard InChI is InChI=1S/C24H32N2O2S/c1-18(2)14-25-24(28)20(4)26(15-21-10-6-5-7-11-21)23(27)17-29-16-22-12-8-9-19(3)13-22/h5-13,18,20H,14-17H2,1-4H3,(H,25,28)/t20-/m1/s1. The molecule has 0 saturated heterocycles. The lowest BCUT2D eigenvalue weighted by molar-refractivity contribution is -0.138. The maximum Gasteiger partial charge on any atom is 0.242 e. The summed E-state index contributed by atoms with van der Waals surface area (Å²) >= 11 is 1.59. The molecule has 1 atom stereocenters. The lowest BCUT2D eigenvalue weighted by Crippen LogP contribution is -2.48. The van der Waals surface area contributed by atoms with Gasteiger partial charge in [0.2, 0.25) is 11.8 Å². The Bertz CT molecular complexity index is 792. The molecule has 0 spiro atoms. The van der Waals surface area contributed by atoms with Gasteiger partial charge in [-0.25, -0.2) is 0 Å². The molecule has 1 N–H and O–H groups in total. The van der Waals surface area contributed by atoms with E-state index in [9.17, 15) is 9.59 Å². The highest BCUT2D eigenvalue weighted by Gasteiger charge is 2.26. The molecular formula is C24H32N2O2S. The normalized spacial score (nSPS) is 11.9. The number of hydrogen-bond acceptors (Lipinski definition) is 3. The van der Waals surface area contributed by atoms with Crippen LogP contribution in [0.4, 0.5) is 0 Å². The lowest BCUT2D eigenvalue weighted by atomic mass is 10.1. The van der Waals surface area contributed by atoms with E-state index in [4.69, 9.17) is 0 Å². The Hall–Kier alpha value is -2.27. The number of carbonyl (C=O) groups excluding carboxylic acids is 2. The van der Waals surface area contributed by atoms with Crippen LogP contribution in [0.15, 0.2) is 54.6 Å². The highest BCUT2D eigenvalue weighted by atomic mass is 32.2. The van der Waals surface area contributed by atoms with Crippen molar-refractivity contribution in [2.45, 2.75) is 46.0 Å². The topological polar surface area (TPSA) is 49.4 Å². The Kier molecular flexibility index (Phi) is 9.26. The van der Waals surface area contributed by atoms with Crippen LogP contribution in [0, 0.1) is 12.8 Å². The lowest BCUT2D eigenvalue weighted by Gasteiger charge is -2.29. The van der Waals surface area contributed by atoms with Crippen LogP contribution in [0.2, 0.25) is 0 Å². The summed E-state index contributed by atoms with van der Waals surface area (Å²) in [6, 6.07) is 17.6. The molecule has 0 aromatic heterocycles. The van der Waals surface area contributed by atoms with Gasteiger partial charge in [-0.05, 0) is 30.9 Å². The van der Waals surface area contributed by atoms with Crippen LogP contribution >= 0.6 is 11.8 Å². The van der Waals surface area contributed by atoms with Crippen molar-refractivity contribution in [2.75, 3.05) is 12.3 Å². The van der Waals surface area contributed by atoms with Gasteiger partial charge in [0.15, 0.2) is 0 Å². The number of amides is 2. The van der Waals surface area contributed by atoms with Gasteiger partial charge in [0, 0.05) is 18.8 Å². The van der Waals surface area contributed by atoms with Gasteiger partial charge >= 0.3 is 0 Å². The summed E-state index contributed by atoms with van der Waals surface area (Å²) in [4.78, 5) is 27.3. The number of rotatable bonds is 10. The Morgan fingerprint density at radius 2 is 1.69 bits per heavy atom. The van der Waals surface area contributed by atoms with Crippen molar-refractivity contribution >= 4 is 23.6 Å². The van der Waals surface area contributed by atoms with Crippen LogP contribution in [-0.2, 0) is 21.9 Å². The summed E-state index contributed by atoms with van der Waals surface area (Å²) in [5, 5.41) is 2.95. The molecule has 2 amide bonds. The second-order valence-electron chi connectivity index (χ2n) is 7.80. The van der Waals surface area contributed by atoms with Gasteiger partial charge < -0.3 is 10.2 Å². The molecule has 2 aromatic rings. The molecule has 0 aliphatic carbocycles. The van der Waals surface area contributed by atoms with Crippen molar-refractivity contribution in [2.24, 2.45) is 5.92 Å². The van der Waals surface area contributed by atoms with Gasteiger partial charge in [-0.1, -0.05) is 74.0 Å². The van der Waals surface area contributed by atoms with Crippen LogP contribution in [0.5, 0.6) is 0 Å². The molecule has 4 nitrogen and oxygen atoms in total. The smallest absolute Gasteiger partial charge is 0.242 e. The second kappa shape index (κ2) is 11.7. The quantitative estimate of drug-likeness (QED) is 0.628. The Balaban J connectivity index is 2.02. The number of carbonyl (C=O) groups is 2. The molecule has 0 radical (unpaired) electrons. The van der Waals surface area contributed by atoms with Gasteiger partial charge in [-0.3, -0.25) is 9.59 Å². The highest BCUT2D eigenvalue weighted by molar-refractivity contribution is 7.99. The second-order valence-corrected chi connectivity index (χ2v) is 8.79. The van der Waals surface area contributed by atoms with E-state index >= 15 is 0 Å². The summed E-state index contributed by atoms with van der Waals surface area (Å²) in [7, 11) is 0. The summed E-state index contributed by atoms with van der Waals surface area (Å²) < 4.78 is 0. The predicted octanol–water partition coefficient (Wildman–Crippen LogP) is 4.42. The van der Waals surface area contributed by atoms with Crippen molar-refractivity contribution in [1.82, 2.24) is 10.2 Å². The molecule has 0 aliphatic rings. The van der Waals surface area contributed by atoms with E-state index in [0.717, 1.165) is 11.3 Å². The summed E-state index contributed by atoms with van der Waals surface area (Å²) in [6.07, 6.45) is 0. The van der Waals surface area contributed by atoms with Crippen molar-refractivity contribution in [3.8, 4) is 0 Å². The van der Waals surface area contributed by atoms with Crippen LogP contribution in [0.3, 0.4) is 0 Å². The Labute approximate surface area is 179 Å². The largest absolute Gasteiger partial charge is 0.354 e. The number of aryl methyl sites for hydroxylation is 1. The molecule has 0 aliphatic heterocycles. The maximum absolute atomic E-state index is 13.0. The Morgan fingerprint density at radius 1 is 1.00 bits per heavy atom. The first-order valence-electron chi connectivity index (χ1n) is 10.1. The summed E-state index contributed by atoms with van der Waals surface area (Å²) in [5.74, 6) is 1.38. The van der Waals surface area contributed by atoms with Gasteiger partial charge in [0.05, 0.1) is 5.75 Å². The molecular weight excluding hydrogens is 380 g/mol. The number of nitrogens with one attached hydrogen (secondary N) is 1. The summed E-state index contributed by atoms with van der Waals surface area (Å²) in [6.45, 7) is 9.03. The van der Waals surface area contributed by atoms with E-state index in [1.165, 1.54) is 11.1 Å². The van der Waals surface area contributed by atoms with Gasteiger partial charge in [0.25, 0.3) is 0 Å². The third kappa shape index (κ3) is 7.94. The third-order valence-corrected chi connectivity index (χ3v) is 5.61. The zero-order chi connectivity index (χ0) is 21.2. The molecule has 2 aromatic carbocycles. The van der Waals surface area contributed by atoms with E-state index in [0.29, 0.717) is 24.8 Å². The molecule has 2 rings (SSSR count). The molecule has 0 fully saturated rings. The van der Waals surface area contributed by atoms with Crippen LogP contribution in [0.1, 0.15) is 37.5 Å². The van der Waals surface area contributed by atoms with Crippen molar-refractivity contribution < 1.29 is 9.59 Å². The first kappa shape index (κ1) is 23.0. The van der Waals surface area contributed by atoms with E-state index in [2.05, 4.69) is 44.3 Å². The number of benzene rings is 2. The van der Waals surface area contributed by atoms with Crippen molar-refractivity contribution in [3.05, 3.63) is 71.3 Å². The van der Waals surface area contributed by atoms with E-state index < -0.39 is 6.04 Å². The number of nitrogens with zero attached hydrogens (tertiary/aromatic N) is 1. The zero-order valence-corrected chi connectivity index (χ0v) is 18.7. The maximum atomic E-state index is 13.0. The average molecular weight is 413 g/mol. The first-order valence-corrected chi connectivity index (χ1v) is 11.3. The molecule has 5 heteroatoms. The predicted molar refractivity (Wildman–Crippen MR) is 122 cm³/mol.